The number of aromatic nitrogens is 2. The predicted molar refractivity (Wildman–Crippen MR) is 183 cm³/mol. The van der Waals surface area contributed by atoms with Gasteiger partial charge in [0.05, 0.1) is 51.8 Å². The summed E-state index contributed by atoms with van der Waals surface area (Å²) in [6.07, 6.45) is 6.96. The molecule has 8 rings (SSSR count). The second kappa shape index (κ2) is 11.9. The van der Waals surface area contributed by atoms with Crippen LogP contribution in [0.3, 0.4) is 0 Å². The number of carbonyl (C=O) groups excluding carboxylic acids is 2. The zero-order valence-corrected chi connectivity index (χ0v) is 28.0. The Bertz CT molecular complexity index is 2490. The minimum absolute atomic E-state index is 0.0572. The third-order valence-electron chi connectivity index (χ3n) is 9.73. The van der Waals surface area contributed by atoms with Gasteiger partial charge in [-0.3, -0.25) is 9.59 Å². The maximum atomic E-state index is 14.3. The average Bonchev–Trinajstić information content (AvgIpc) is 3.91. The van der Waals surface area contributed by atoms with E-state index in [2.05, 4.69) is 9.69 Å². The summed E-state index contributed by atoms with van der Waals surface area (Å²) in [6, 6.07) is 6.63. The van der Waals surface area contributed by atoms with E-state index in [-0.39, 0.29) is 44.5 Å². The van der Waals surface area contributed by atoms with E-state index in [0.29, 0.717) is 22.9 Å². The Labute approximate surface area is 300 Å². The Kier molecular flexibility index (Phi) is 7.51. The van der Waals surface area contributed by atoms with Gasteiger partial charge in [0.15, 0.2) is 34.8 Å². The van der Waals surface area contributed by atoms with Crippen molar-refractivity contribution in [1.82, 2.24) is 9.97 Å². The van der Waals surface area contributed by atoms with Gasteiger partial charge in [0, 0.05) is 33.4 Å². The van der Waals surface area contributed by atoms with Gasteiger partial charge in [0.1, 0.15) is 10.0 Å². The van der Waals surface area contributed by atoms with Gasteiger partial charge in [-0.1, -0.05) is 19.3 Å². The molecule has 2 aromatic carbocycles. The number of carbonyl (C=O) groups is 2. The molecule has 0 bridgehead atoms. The zero-order valence-electron chi connectivity index (χ0n) is 26.3. The lowest BCUT2D eigenvalue weighted by Crippen LogP contribution is -2.29. The molecule has 14 heteroatoms. The van der Waals surface area contributed by atoms with Crippen molar-refractivity contribution in [2.45, 2.75) is 37.5 Å². The van der Waals surface area contributed by atoms with Crippen LogP contribution in [0.25, 0.3) is 42.7 Å². The highest BCUT2D eigenvalue weighted by Crippen LogP contribution is 2.59. The topological polar surface area (TPSA) is 116 Å². The lowest BCUT2D eigenvalue weighted by atomic mass is 9.72. The fourth-order valence-corrected chi connectivity index (χ4v) is 9.84. The maximum absolute atomic E-state index is 14.3. The first-order valence-electron chi connectivity index (χ1n) is 15.6. The number of nitriles is 2. The first-order valence-corrected chi connectivity index (χ1v) is 17.3. The van der Waals surface area contributed by atoms with E-state index < -0.39 is 51.6 Å². The quantitative estimate of drug-likeness (QED) is 0.0880. The first kappa shape index (κ1) is 32.9. The Morgan fingerprint density at radius 3 is 1.44 bits per heavy atom. The summed E-state index contributed by atoms with van der Waals surface area (Å²) in [5, 5.41) is 20.1. The second-order valence-corrected chi connectivity index (χ2v) is 14.5. The molecule has 0 radical (unpaired) electrons. The van der Waals surface area contributed by atoms with E-state index in [9.17, 15) is 37.7 Å². The number of thiazole rings is 2. The fraction of sp³-hybridized carbons (Fsp3) is 0.158. The number of hydrogen-bond acceptors (Lipinski definition) is 8. The molecule has 0 atom stereocenters. The number of nitrogens with zero attached hydrogens (tertiary/aromatic N) is 6. The Hall–Kier alpha value is -6.32. The van der Waals surface area contributed by atoms with E-state index in [1.54, 1.807) is 12.1 Å². The Morgan fingerprint density at radius 2 is 1.08 bits per heavy atom. The largest absolute Gasteiger partial charge is 0.289 e. The van der Waals surface area contributed by atoms with Gasteiger partial charge in [0.25, 0.3) is 11.4 Å². The van der Waals surface area contributed by atoms with Gasteiger partial charge in [-0.2, -0.15) is 0 Å². The minimum atomic E-state index is -1.24. The molecule has 4 aliphatic rings. The molecule has 1 fully saturated rings. The van der Waals surface area contributed by atoms with Gasteiger partial charge in [-0.15, -0.1) is 22.7 Å². The van der Waals surface area contributed by atoms with E-state index in [0.717, 1.165) is 64.7 Å². The number of benzene rings is 2. The molecule has 0 unspecified atom stereocenters. The monoisotopic (exact) mass is 728 g/mol. The molecule has 0 aliphatic heterocycles. The van der Waals surface area contributed by atoms with Crippen molar-refractivity contribution in [3.05, 3.63) is 137 Å². The highest BCUT2D eigenvalue weighted by atomic mass is 32.1. The standard InChI is InChI=1S/C38H16F4N6O2S2/c1-45-26(14-43)30-16-8-22(39)24(41)10-18(16)32(49)20(30)12-28-47-36-34(51-28)35-37(38(36)6-4-3-5-7-38)48-29(52-35)13-21-31(27(15-44)46-2)17-9-23(40)25(42)11-19(17)33(21)50/h8-13H,3-7H2/b20-12-,21-13-,30-26+,31-27?. The summed E-state index contributed by atoms with van der Waals surface area (Å²) in [6.45, 7) is 15.0. The summed E-state index contributed by atoms with van der Waals surface area (Å²) in [5.74, 6) is -6.31. The molecule has 4 aromatic rings. The summed E-state index contributed by atoms with van der Waals surface area (Å²) in [4.78, 5) is 45.0. The smallest absolute Gasteiger partial charge is 0.270 e. The van der Waals surface area contributed by atoms with Crippen LogP contribution < -0.4 is 0 Å². The molecule has 250 valence electrons. The molecule has 1 saturated carbocycles. The van der Waals surface area contributed by atoms with Gasteiger partial charge >= 0.3 is 0 Å². The highest BCUT2D eigenvalue weighted by Gasteiger charge is 2.49. The summed E-state index contributed by atoms with van der Waals surface area (Å²) >= 11 is 2.47. The highest BCUT2D eigenvalue weighted by molar-refractivity contribution is 7.23. The SMILES string of the molecule is [C-]#[N+]C(C#N)=C1/C(=C/c2nc3c(s2)-c2sc(/C=C4\C(=O)c5cc(F)c(F)cc5\C4=C(\C#N)[N+]#[C-])nc2C32CCCCC2)C(=O)c2cc(F)c(F)cc21. The molecular weight excluding hydrogens is 713 g/mol. The van der Waals surface area contributed by atoms with E-state index in [1.807, 2.05) is 0 Å². The number of allylic oxidation sites excluding steroid dienone is 6. The van der Waals surface area contributed by atoms with Crippen molar-refractivity contribution >= 4 is 57.5 Å². The van der Waals surface area contributed by atoms with Crippen LogP contribution in [0.4, 0.5) is 17.6 Å². The van der Waals surface area contributed by atoms with Crippen molar-refractivity contribution in [2.75, 3.05) is 0 Å². The normalized spacial score (nSPS) is 19.8. The molecule has 4 aliphatic carbocycles. The summed E-state index contributed by atoms with van der Waals surface area (Å²) in [5.41, 5.74) is -0.905. The molecule has 8 nitrogen and oxygen atoms in total. The molecule has 0 N–H and O–H groups in total. The van der Waals surface area contributed by atoms with Crippen LogP contribution >= 0.6 is 22.7 Å². The molecule has 2 heterocycles. The predicted octanol–water partition coefficient (Wildman–Crippen LogP) is 9.25. The van der Waals surface area contributed by atoms with Crippen LogP contribution in [0.15, 0.2) is 46.8 Å². The second-order valence-electron chi connectivity index (χ2n) is 12.4. The van der Waals surface area contributed by atoms with Gasteiger partial charge < -0.3 is 0 Å². The first-order chi connectivity index (χ1) is 25.0. The Morgan fingerprint density at radius 1 is 0.692 bits per heavy atom. The van der Waals surface area contributed by atoms with Gasteiger partial charge in [-0.25, -0.2) is 47.7 Å². The van der Waals surface area contributed by atoms with Crippen molar-refractivity contribution in [1.29, 1.82) is 10.5 Å². The van der Waals surface area contributed by atoms with Crippen LogP contribution in [0.1, 0.15) is 85.4 Å². The lowest BCUT2D eigenvalue weighted by molar-refractivity contribution is 0.103. The number of ketones is 2. The fourth-order valence-electron chi connectivity index (χ4n) is 7.49. The van der Waals surface area contributed by atoms with Crippen LogP contribution in [0.5, 0.6) is 0 Å². The lowest BCUT2D eigenvalue weighted by Gasteiger charge is -2.32. The van der Waals surface area contributed by atoms with E-state index in [1.165, 1.54) is 34.8 Å². The third-order valence-corrected chi connectivity index (χ3v) is 11.9. The van der Waals surface area contributed by atoms with Crippen LogP contribution in [0, 0.1) is 59.1 Å². The molecule has 52 heavy (non-hydrogen) atoms. The zero-order chi connectivity index (χ0) is 36.6. The number of fused-ring (bicyclic) bond motifs is 7. The van der Waals surface area contributed by atoms with Crippen LogP contribution in [-0.4, -0.2) is 21.5 Å². The van der Waals surface area contributed by atoms with Crippen molar-refractivity contribution < 1.29 is 27.2 Å². The number of Topliss-reactive ketones (excluding diaryl/α,β-unsaturated/α-hetero) is 2. The number of rotatable bonds is 2. The molecule has 2 aromatic heterocycles. The van der Waals surface area contributed by atoms with Crippen LogP contribution in [0.2, 0.25) is 0 Å². The minimum Gasteiger partial charge on any atom is -0.289 e. The average molecular weight is 729 g/mol. The van der Waals surface area contributed by atoms with E-state index >= 15 is 0 Å². The van der Waals surface area contributed by atoms with Crippen molar-refractivity contribution in [3.8, 4) is 21.9 Å². The Balaban J connectivity index is 1.28. The van der Waals surface area contributed by atoms with E-state index in [4.69, 9.17) is 23.1 Å². The van der Waals surface area contributed by atoms with Gasteiger partial charge in [0.2, 0.25) is 0 Å². The summed E-state index contributed by atoms with van der Waals surface area (Å²) < 4.78 is 57.1. The van der Waals surface area contributed by atoms with Crippen LogP contribution in [-0.2, 0) is 5.41 Å². The van der Waals surface area contributed by atoms with Crippen molar-refractivity contribution in [2.24, 2.45) is 0 Å². The summed E-state index contributed by atoms with van der Waals surface area (Å²) in [7, 11) is 0. The molecular formula is C38H16F4N6O2S2. The van der Waals surface area contributed by atoms with Gasteiger partial charge in [-0.05, 0) is 60.4 Å². The van der Waals surface area contributed by atoms with Crippen molar-refractivity contribution in [3.63, 3.8) is 0 Å². The number of hydrogen-bond donors (Lipinski definition) is 0. The number of halogens is 4. The molecule has 0 saturated heterocycles. The molecule has 0 amide bonds. The molecule has 1 spiro atoms. The third kappa shape index (κ3) is 4.59. The maximum Gasteiger partial charge on any atom is 0.270 e.